The molecular formula is C24H33N5O8. The number of H-pyrrole nitrogens is 1. The minimum Gasteiger partial charge on any atom is -0.481 e. The monoisotopic (exact) mass is 519 g/mol. The van der Waals surface area contributed by atoms with Crippen molar-refractivity contribution in [2.24, 2.45) is 11.7 Å². The number of amides is 3. The number of aliphatic hydroxyl groups excluding tert-OH is 1. The van der Waals surface area contributed by atoms with Crippen molar-refractivity contribution in [3.05, 3.63) is 36.0 Å². The highest BCUT2D eigenvalue weighted by molar-refractivity contribution is 5.94. The first-order valence-electron chi connectivity index (χ1n) is 11.7. The van der Waals surface area contributed by atoms with Gasteiger partial charge in [0.15, 0.2) is 0 Å². The second-order valence-electron chi connectivity index (χ2n) is 8.98. The van der Waals surface area contributed by atoms with E-state index in [0.717, 1.165) is 16.5 Å². The maximum Gasteiger partial charge on any atom is 0.328 e. The Labute approximate surface area is 212 Å². The summed E-state index contributed by atoms with van der Waals surface area (Å²) in [4.78, 5) is 63.7. The van der Waals surface area contributed by atoms with Gasteiger partial charge in [-0.1, -0.05) is 32.0 Å². The van der Waals surface area contributed by atoms with Gasteiger partial charge in [0.1, 0.15) is 18.1 Å². The Morgan fingerprint density at radius 1 is 0.946 bits per heavy atom. The number of carbonyl (C=O) groups is 5. The number of aliphatic hydroxyl groups is 1. The molecule has 0 saturated heterocycles. The SMILES string of the molecule is CC(C)C(NC(=O)C(N)Cc1c[nH]c2ccccc12)C(=O)NC(CCC(=O)O)C(=O)NC(CO)C(=O)O. The number of benzene rings is 1. The van der Waals surface area contributed by atoms with E-state index in [1.165, 1.54) is 0 Å². The summed E-state index contributed by atoms with van der Waals surface area (Å²) < 4.78 is 0. The highest BCUT2D eigenvalue weighted by atomic mass is 16.4. The third-order valence-corrected chi connectivity index (χ3v) is 5.78. The number of carboxylic acids is 2. The van der Waals surface area contributed by atoms with Gasteiger partial charge in [-0.25, -0.2) is 4.79 Å². The number of nitrogens with two attached hydrogens (primary N) is 1. The number of aliphatic carboxylic acids is 2. The van der Waals surface area contributed by atoms with Crippen LogP contribution >= 0.6 is 0 Å². The van der Waals surface area contributed by atoms with Crippen molar-refractivity contribution in [3.63, 3.8) is 0 Å². The summed E-state index contributed by atoms with van der Waals surface area (Å²) in [6.07, 6.45) is 1.11. The van der Waals surface area contributed by atoms with E-state index in [4.69, 9.17) is 21.1 Å². The van der Waals surface area contributed by atoms with Crippen molar-refractivity contribution in [1.82, 2.24) is 20.9 Å². The van der Waals surface area contributed by atoms with Crippen LogP contribution < -0.4 is 21.7 Å². The summed E-state index contributed by atoms with van der Waals surface area (Å²) in [7, 11) is 0. The van der Waals surface area contributed by atoms with Crippen LogP contribution in [0.25, 0.3) is 10.9 Å². The van der Waals surface area contributed by atoms with Gasteiger partial charge < -0.3 is 42.0 Å². The molecule has 37 heavy (non-hydrogen) atoms. The highest BCUT2D eigenvalue weighted by Crippen LogP contribution is 2.19. The molecule has 3 amide bonds. The molecule has 2 rings (SSSR count). The van der Waals surface area contributed by atoms with Gasteiger partial charge in [0.25, 0.3) is 0 Å². The van der Waals surface area contributed by atoms with E-state index >= 15 is 0 Å². The molecule has 1 aromatic carbocycles. The number of hydrogen-bond acceptors (Lipinski definition) is 7. The molecule has 13 nitrogen and oxygen atoms in total. The number of hydrogen-bond donors (Lipinski definition) is 8. The van der Waals surface area contributed by atoms with Crippen LogP contribution in [0.5, 0.6) is 0 Å². The number of aromatic nitrogens is 1. The second-order valence-corrected chi connectivity index (χ2v) is 8.98. The molecule has 0 aliphatic rings. The predicted octanol–water partition coefficient (Wildman–Crippen LogP) is -0.910. The van der Waals surface area contributed by atoms with Crippen LogP contribution in [0.2, 0.25) is 0 Å². The summed E-state index contributed by atoms with van der Waals surface area (Å²) in [6.45, 7) is 2.42. The number of aromatic amines is 1. The first-order chi connectivity index (χ1) is 17.4. The molecule has 0 bridgehead atoms. The molecule has 9 N–H and O–H groups in total. The summed E-state index contributed by atoms with van der Waals surface area (Å²) >= 11 is 0. The average Bonchev–Trinajstić information content (AvgIpc) is 3.25. The Kier molecular flexibility index (Phi) is 10.6. The summed E-state index contributed by atoms with van der Waals surface area (Å²) in [5, 5.41) is 35.1. The minimum atomic E-state index is -1.64. The van der Waals surface area contributed by atoms with Crippen molar-refractivity contribution < 1.29 is 39.3 Å². The quantitative estimate of drug-likeness (QED) is 0.154. The topological polar surface area (TPSA) is 224 Å². The van der Waals surface area contributed by atoms with E-state index in [-0.39, 0.29) is 12.8 Å². The van der Waals surface area contributed by atoms with Crippen molar-refractivity contribution in [2.45, 2.75) is 57.3 Å². The zero-order valence-electron chi connectivity index (χ0n) is 20.6. The minimum absolute atomic E-state index is 0.198. The van der Waals surface area contributed by atoms with Gasteiger partial charge >= 0.3 is 11.9 Å². The number of carboxylic acid groups (broad SMARTS) is 2. The Hall–Kier alpha value is -3.97. The predicted molar refractivity (Wildman–Crippen MR) is 132 cm³/mol. The summed E-state index contributed by atoms with van der Waals surface area (Å²) in [6, 6.07) is 2.35. The Morgan fingerprint density at radius 2 is 1.59 bits per heavy atom. The smallest absolute Gasteiger partial charge is 0.328 e. The van der Waals surface area contributed by atoms with Gasteiger partial charge in [-0.05, 0) is 30.4 Å². The number of carbonyl (C=O) groups excluding carboxylic acids is 3. The van der Waals surface area contributed by atoms with E-state index < -0.39 is 72.8 Å². The van der Waals surface area contributed by atoms with Crippen LogP contribution in [0.1, 0.15) is 32.3 Å². The fourth-order valence-corrected chi connectivity index (χ4v) is 3.68. The third kappa shape index (κ3) is 8.29. The van der Waals surface area contributed by atoms with Gasteiger partial charge in [-0.2, -0.15) is 0 Å². The van der Waals surface area contributed by atoms with Crippen molar-refractivity contribution >= 4 is 40.6 Å². The van der Waals surface area contributed by atoms with Gasteiger partial charge in [0.05, 0.1) is 12.6 Å². The highest BCUT2D eigenvalue weighted by Gasteiger charge is 2.32. The van der Waals surface area contributed by atoms with Crippen LogP contribution in [-0.2, 0) is 30.4 Å². The second kappa shape index (κ2) is 13.4. The molecule has 0 radical (unpaired) electrons. The molecule has 0 aliphatic heterocycles. The van der Waals surface area contributed by atoms with Gasteiger partial charge in [0, 0.05) is 23.5 Å². The van der Waals surface area contributed by atoms with Crippen molar-refractivity contribution in [2.75, 3.05) is 6.61 Å². The average molecular weight is 520 g/mol. The lowest BCUT2D eigenvalue weighted by atomic mass is 10.00. The van der Waals surface area contributed by atoms with Crippen LogP contribution in [-0.4, -0.2) is 80.7 Å². The fourth-order valence-electron chi connectivity index (χ4n) is 3.68. The molecule has 1 heterocycles. The largest absolute Gasteiger partial charge is 0.481 e. The molecule has 4 atom stereocenters. The first kappa shape index (κ1) is 29.3. The Balaban J connectivity index is 2.10. The number of para-hydroxylation sites is 1. The maximum absolute atomic E-state index is 13.0. The molecule has 0 fully saturated rings. The standard InChI is InChI=1S/C24H33N5O8/c1-12(2)20(29-21(33)15(25)9-13-10-26-16-6-4-3-5-14(13)16)23(35)27-17(7-8-19(31)32)22(34)28-18(11-30)24(36)37/h3-6,10,12,15,17-18,20,26,30H,7-9,11,25H2,1-2H3,(H,27,35)(H,28,34)(H,29,33)(H,31,32)(H,36,37). The van der Waals surface area contributed by atoms with Crippen LogP contribution in [0.3, 0.4) is 0 Å². The Bertz CT molecular complexity index is 1130. The molecule has 202 valence electrons. The summed E-state index contributed by atoms with van der Waals surface area (Å²) in [5.41, 5.74) is 7.83. The van der Waals surface area contributed by atoms with Crippen LogP contribution in [0.15, 0.2) is 30.5 Å². The van der Waals surface area contributed by atoms with Crippen LogP contribution in [0.4, 0.5) is 0 Å². The number of nitrogens with one attached hydrogen (secondary N) is 4. The van der Waals surface area contributed by atoms with E-state index in [0.29, 0.717) is 0 Å². The molecule has 2 aromatic rings. The van der Waals surface area contributed by atoms with E-state index in [2.05, 4.69) is 20.9 Å². The third-order valence-electron chi connectivity index (χ3n) is 5.78. The Morgan fingerprint density at radius 3 is 2.19 bits per heavy atom. The normalized spacial score (nSPS) is 14.4. The van der Waals surface area contributed by atoms with Crippen molar-refractivity contribution in [1.29, 1.82) is 0 Å². The lowest BCUT2D eigenvalue weighted by molar-refractivity contribution is -0.144. The van der Waals surface area contributed by atoms with E-state index in [1.807, 2.05) is 24.3 Å². The first-order valence-corrected chi connectivity index (χ1v) is 11.7. The van der Waals surface area contributed by atoms with Gasteiger partial charge in [0.2, 0.25) is 17.7 Å². The number of rotatable bonds is 14. The zero-order chi connectivity index (χ0) is 27.7. The molecule has 4 unspecified atom stereocenters. The molecule has 1 aromatic heterocycles. The lowest BCUT2D eigenvalue weighted by Crippen LogP contribution is -2.58. The zero-order valence-corrected chi connectivity index (χ0v) is 20.6. The molecule has 13 heteroatoms. The number of fused-ring (bicyclic) bond motifs is 1. The van der Waals surface area contributed by atoms with Crippen LogP contribution in [0, 0.1) is 5.92 Å². The molecular weight excluding hydrogens is 486 g/mol. The lowest BCUT2D eigenvalue weighted by Gasteiger charge is -2.26. The maximum atomic E-state index is 13.0. The van der Waals surface area contributed by atoms with E-state index in [9.17, 15) is 24.0 Å². The van der Waals surface area contributed by atoms with Gasteiger partial charge in [-0.3, -0.25) is 19.2 Å². The van der Waals surface area contributed by atoms with Crippen molar-refractivity contribution in [3.8, 4) is 0 Å². The van der Waals surface area contributed by atoms with E-state index in [1.54, 1.807) is 20.0 Å². The fraction of sp³-hybridized carbons (Fsp3) is 0.458. The molecule has 0 spiro atoms. The molecule has 0 aliphatic carbocycles. The van der Waals surface area contributed by atoms with Gasteiger partial charge in [-0.15, -0.1) is 0 Å². The summed E-state index contributed by atoms with van der Waals surface area (Å²) in [5.74, 6) is -5.53. The molecule has 0 saturated carbocycles.